The molecule has 0 aliphatic rings. The molecule has 0 saturated heterocycles. The van der Waals surface area contributed by atoms with Crippen LogP contribution in [0.4, 0.5) is 10.2 Å². The Morgan fingerprint density at radius 3 is 2.83 bits per heavy atom. The van der Waals surface area contributed by atoms with Gasteiger partial charge >= 0.3 is 0 Å². The Labute approximate surface area is 107 Å². The summed E-state index contributed by atoms with van der Waals surface area (Å²) >= 11 is 0. The van der Waals surface area contributed by atoms with Gasteiger partial charge in [0.2, 0.25) is 0 Å². The fraction of sp³-hybridized carbons (Fsp3) is 0.538. The minimum Gasteiger partial charge on any atom is -0.372 e. The van der Waals surface area contributed by atoms with Gasteiger partial charge in [0.15, 0.2) is 0 Å². The zero-order chi connectivity index (χ0) is 13.4. The second-order valence-electron chi connectivity index (χ2n) is 4.12. The lowest BCUT2D eigenvalue weighted by atomic mass is 10.2. The van der Waals surface area contributed by atoms with Crippen LogP contribution in [0.3, 0.4) is 0 Å². The Morgan fingerprint density at radius 2 is 2.17 bits per heavy atom. The molecule has 1 aromatic rings. The lowest BCUT2D eigenvalue weighted by Crippen LogP contribution is -2.25. The molecule has 5 heteroatoms. The number of carbonyl (C=O) groups is 1. The zero-order valence-electron chi connectivity index (χ0n) is 10.9. The standard InChI is InChI=1S/C13H20FN3O/c1-3-4-5-6-7-16-13(18)11-8-10(14)9-17-12(11)15-2/h8-9H,3-7H2,1-2H3,(H,15,17)(H,16,18). The first-order valence-electron chi connectivity index (χ1n) is 6.30. The van der Waals surface area contributed by atoms with Gasteiger partial charge in [-0.25, -0.2) is 9.37 Å². The van der Waals surface area contributed by atoms with E-state index >= 15 is 0 Å². The SMILES string of the molecule is CCCCCCNC(=O)c1cc(F)cnc1NC. The van der Waals surface area contributed by atoms with Crippen molar-refractivity contribution in [3.63, 3.8) is 0 Å². The Balaban J connectivity index is 2.52. The summed E-state index contributed by atoms with van der Waals surface area (Å²) in [6.07, 6.45) is 5.45. The van der Waals surface area contributed by atoms with Crippen LogP contribution in [0.1, 0.15) is 43.0 Å². The van der Waals surface area contributed by atoms with Crippen LogP contribution in [0, 0.1) is 5.82 Å². The quantitative estimate of drug-likeness (QED) is 0.734. The van der Waals surface area contributed by atoms with Gasteiger partial charge in [-0.3, -0.25) is 4.79 Å². The number of aromatic nitrogens is 1. The van der Waals surface area contributed by atoms with Gasteiger partial charge in [0.05, 0.1) is 11.8 Å². The number of rotatable bonds is 7. The van der Waals surface area contributed by atoms with Crippen molar-refractivity contribution in [2.45, 2.75) is 32.6 Å². The summed E-state index contributed by atoms with van der Waals surface area (Å²) in [6, 6.07) is 1.19. The molecule has 1 amide bonds. The lowest BCUT2D eigenvalue weighted by Gasteiger charge is -2.08. The minimum absolute atomic E-state index is 0.244. The highest BCUT2D eigenvalue weighted by atomic mass is 19.1. The number of nitrogens with zero attached hydrogens (tertiary/aromatic N) is 1. The number of carbonyl (C=O) groups excluding carboxylic acids is 1. The maximum absolute atomic E-state index is 13.1. The number of nitrogens with one attached hydrogen (secondary N) is 2. The smallest absolute Gasteiger partial charge is 0.255 e. The summed E-state index contributed by atoms with van der Waals surface area (Å²) in [7, 11) is 1.65. The average Bonchev–Trinajstić information content (AvgIpc) is 2.38. The molecule has 18 heavy (non-hydrogen) atoms. The van der Waals surface area contributed by atoms with Crippen molar-refractivity contribution < 1.29 is 9.18 Å². The molecule has 0 atom stereocenters. The number of amides is 1. The molecule has 0 spiro atoms. The van der Waals surface area contributed by atoms with E-state index in [1.54, 1.807) is 7.05 Å². The van der Waals surface area contributed by atoms with Gasteiger partial charge in [-0.1, -0.05) is 26.2 Å². The molecule has 1 aromatic heterocycles. The number of anilines is 1. The molecule has 0 aliphatic carbocycles. The summed E-state index contributed by atoms with van der Waals surface area (Å²) in [4.78, 5) is 15.7. The topological polar surface area (TPSA) is 54.0 Å². The first-order chi connectivity index (χ1) is 8.69. The van der Waals surface area contributed by atoms with Gasteiger partial charge in [0, 0.05) is 13.6 Å². The Hall–Kier alpha value is -1.65. The van der Waals surface area contributed by atoms with Gasteiger partial charge in [-0.15, -0.1) is 0 Å². The van der Waals surface area contributed by atoms with E-state index in [1.165, 1.54) is 12.5 Å². The molecule has 100 valence electrons. The average molecular weight is 253 g/mol. The van der Waals surface area contributed by atoms with Crippen molar-refractivity contribution >= 4 is 11.7 Å². The molecular weight excluding hydrogens is 233 g/mol. The second-order valence-corrected chi connectivity index (χ2v) is 4.12. The van der Waals surface area contributed by atoms with Gasteiger partial charge in [0.25, 0.3) is 5.91 Å². The highest BCUT2D eigenvalue weighted by Gasteiger charge is 2.12. The zero-order valence-corrected chi connectivity index (χ0v) is 10.9. The Kier molecular flexibility index (Phi) is 6.11. The van der Waals surface area contributed by atoms with Crippen LogP contribution < -0.4 is 10.6 Å². The largest absolute Gasteiger partial charge is 0.372 e. The normalized spacial score (nSPS) is 10.2. The summed E-state index contributed by atoms with van der Waals surface area (Å²) in [5, 5.41) is 5.55. The van der Waals surface area contributed by atoms with Crippen molar-refractivity contribution in [1.29, 1.82) is 0 Å². The van der Waals surface area contributed by atoms with Crippen LogP contribution in [0.15, 0.2) is 12.3 Å². The molecule has 0 aromatic carbocycles. The van der Waals surface area contributed by atoms with Crippen molar-refractivity contribution in [2.24, 2.45) is 0 Å². The number of unbranched alkanes of at least 4 members (excludes halogenated alkanes) is 3. The van der Waals surface area contributed by atoms with Gasteiger partial charge in [0.1, 0.15) is 11.6 Å². The number of halogens is 1. The van der Waals surface area contributed by atoms with E-state index in [-0.39, 0.29) is 11.5 Å². The van der Waals surface area contributed by atoms with E-state index in [0.717, 1.165) is 25.5 Å². The van der Waals surface area contributed by atoms with Crippen molar-refractivity contribution in [3.8, 4) is 0 Å². The van der Waals surface area contributed by atoms with Crippen LogP contribution in [-0.2, 0) is 0 Å². The monoisotopic (exact) mass is 253 g/mol. The van der Waals surface area contributed by atoms with E-state index in [0.29, 0.717) is 12.4 Å². The van der Waals surface area contributed by atoms with Crippen LogP contribution in [-0.4, -0.2) is 24.5 Å². The molecule has 4 nitrogen and oxygen atoms in total. The van der Waals surface area contributed by atoms with E-state index in [2.05, 4.69) is 22.5 Å². The maximum atomic E-state index is 13.1. The lowest BCUT2D eigenvalue weighted by molar-refractivity contribution is 0.0953. The third-order valence-electron chi connectivity index (χ3n) is 2.65. The molecule has 0 bridgehead atoms. The first kappa shape index (κ1) is 14.4. The van der Waals surface area contributed by atoms with Crippen LogP contribution in [0.2, 0.25) is 0 Å². The summed E-state index contributed by atoms with van der Waals surface area (Å²) in [6.45, 7) is 2.74. The molecule has 0 aliphatic heterocycles. The predicted octanol–water partition coefficient (Wildman–Crippen LogP) is 2.57. The summed E-state index contributed by atoms with van der Waals surface area (Å²) in [5.74, 6) is -0.407. The molecular formula is C13H20FN3O. The summed E-state index contributed by atoms with van der Waals surface area (Å²) in [5.41, 5.74) is 0.244. The number of hydrogen-bond donors (Lipinski definition) is 2. The van der Waals surface area contributed by atoms with Crippen LogP contribution in [0.5, 0.6) is 0 Å². The van der Waals surface area contributed by atoms with E-state index in [4.69, 9.17) is 0 Å². The van der Waals surface area contributed by atoms with Crippen LogP contribution in [0.25, 0.3) is 0 Å². The predicted molar refractivity (Wildman–Crippen MR) is 70.2 cm³/mol. The molecule has 0 saturated carbocycles. The number of pyridine rings is 1. The molecule has 2 N–H and O–H groups in total. The molecule has 0 fully saturated rings. The van der Waals surface area contributed by atoms with Crippen molar-refractivity contribution in [2.75, 3.05) is 18.9 Å². The van der Waals surface area contributed by atoms with E-state index in [1.807, 2.05) is 0 Å². The third kappa shape index (κ3) is 4.31. The highest BCUT2D eigenvalue weighted by Crippen LogP contribution is 2.12. The van der Waals surface area contributed by atoms with Gasteiger partial charge < -0.3 is 10.6 Å². The van der Waals surface area contributed by atoms with Crippen molar-refractivity contribution in [1.82, 2.24) is 10.3 Å². The van der Waals surface area contributed by atoms with Crippen molar-refractivity contribution in [3.05, 3.63) is 23.6 Å². The van der Waals surface area contributed by atoms with E-state index < -0.39 is 5.82 Å². The molecule has 1 heterocycles. The van der Waals surface area contributed by atoms with Crippen LogP contribution >= 0.6 is 0 Å². The third-order valence-corrected chi connectivity index (χ3v) is 2.65. The van der Waals surface area contributed by atoms with E-state index in [9.17, 15) is 9.18 Å². The van der Waals surface area contributed by atoms with Gasteiger partial charge in [-0.2, -0.15) is 0 Å². The Morgan fingerprint density at radius 1 is 1.39 bits per heavy atom. The molecule has 0 unspecified atom stereocenters. The second kappa shape index (κ2) is 7.63. The molecule has 0 radical (unpaired) electrons. The summed E-state index contributed by atoms with van der Waals surface area (Å²) < 4.78 is 13.1. The molecule has 1 rings (SSSR count). The fourth-order valence-electron chi connectivity index (χ4n) is 1.66. The minimum atomic E-state index is -0.509. The number of hydrogen-bond acceptors (Lipinski definition) is 3. The Bertz CT molecular complexity index is 396. The van der Waals surface area contributed by atoms with Gasteiger partial charge in [-0.05, 0) is 12.5 Å². The maximum Gasteiger partial charge on any atom is 0.255 e. The highest BCUT2D eigenvalue weighted by molar-refractivity contribution is 5.98. The fourth-order valence-corrected chi connectivity index (χ4v) is 1.66. The first-order valence-corrected chi connectivity index (χ1v) is 6.30.